The number of carbonyl (C=O) groups excluding carboxylic acids is 1. The zero-order valence-electron chi connectivity index (χ0n) is 16.4. The summed E-state index contributed by atoms with van der Waals surface area (Å²) in [5, 5.41) is 8.62. The molecule has 3 N–H and O–H groups in total. The molecule has 7 nitrogen and oxygen atoms in total. The van der Waals surface area contributed by atoms with Crippen LogP contribution in [0, 0.1) is 5.82 Å². The highest BCUT2D eigenvalue weighted by molar-refractivity contribution is 14.0. The molecule has 1 amide bonds. The Labute approximate surface area is 187 Å². The molecule has 0 atom stereocenters. The molecule has 0 heterocycles. The average molecular weight is 516 g/mol. The highest BCUT2D eigenvalue weighted by Crippen LogP contribution is 2.17. The molecule has 0 aromatic heterocycles. The Morgan fingerprint density at radius 1 is 1.07 bits per heavy atom. The summed E-state index contributed by atoms with van der Waals surface area (Å²) in [6.45, 7) is 1.18. The molecule has 0 bridgehead atoms. The van der Waals surface area contributed by atoms with Gasteiger partial charge in [-0.05, 0) is 30.3 Å². The number of guanidine groups is 1. The summed E-state index contributed by atoms with van der Waals surface area (Å²) in [4.78, 5) is 16.1. The fraction of sp³-hybridized carbons (Fsp3) is 0.300. The zero-order chi connectivity index (χ0) is 20.2. The Balaban J connectivity index is 0.00000420. The number of anilines is 2. The lowest BCUT2D eigenvalue weighted by atomic mass is 10.3. The van der Waals surface area contributed by atoms with E-state index in [0.717, 1.165) is 17.9 Å². The minimum Gasteiger partial charge on any atom is -0.493 e. The van der Waals surface area contributed by atoms with Gasteiger partial charge in [-0.15, -0.1) is 24.0 Å². The summed E-state index contributed by atoms with van der Waals surface area (Å²) in [6.07, 6.45) is 0.803. The molecule has 0 fully saturated rings. The van der Waals surface area contributed by atoms with Gasteiger partial charge in [0.15, 0.2) is 5.96 Å². The predicted octanol–water partition coefficient (Wildman–Crippen LogP) is 3.49. The van der Waals surface area contributed by atoms with Crippen molar-refractivity contribution in [2.45, 2.75) is 6.42 Å². The Bertz CT molecular complexity index is 805. The van der Waals surface area contributed by atoms with Crippen LogP contribution in [0.15, 0.2) is 53.5 Å². The van der Waals surface area contributed by atoms with Crippen LogP contribution in [-0.2, 0) is 9.53 Å². The summed E-state index contributed by atoms with van der Waals surface area (Å²) in [5.74, 6) is 0.419. The van der Waals surface area contributed by atoms with Crippen LogP contribution >= 0.6 is 24.0 Å². The number of nitrogens with zero attached hydrogens (tertiary/aromatic N) is 1. The lowest BCUT2D eigenvalue weighted by Gasteiger charge is -2.13. The third-order valence-electron chi connectivity index (χ3n) is 3.61. The summed E-state index contributed by atoms with van der Waals surface area (Å²) in [7, 11) is 3.26. The summed E-state index contributed by atoms with van der Waals surface area (Å²) >= 11 is 0. The van der Waals surface area contributed by atoms with Gasteiger partial charge < -0.3 is 25.4 Å². The van der Waals surface area contributed by atoms with Gasteiger partial charge in [0.05, 0.1) is 13.2 Å². The number of hydrogen-bond donors (Lipinski definition) is 3. The second-order valence-electron chi connectivity index (χ2n) is 5.83. The number of halogens is 2. The number of ether oxygens (including phenoxy) is 2. The largest absolute Gasteiger partial charge is 0.493 e. The van der Waals surface area contributed by atoms with Crippen LogP contribution in [0.25, 0.3) is 0 Å². The van der Waals surface area contributed by atoms with Crippen LogP contribution in [-0.4, -0.2) is 45.8 Å². The van der Waals surface area contributed by atoms with Crippen LogP contribution in [0.4, 0.5) is 15.8 Å². The fourth-order valence-electron chi connectivity index (χ4n) is 2.31. The minimum absolute atomic E-state index is 0. The third-order valence-corrected chi connectivity index (χ3v) is 3.61. The maximum Gasteiger partial charge on any atom is 0.243 e. The topological polar surface area (TPSA) is 84.0 Å². The summed E-state index contributed by atoms with van der Waals surface area (Å²) in [5.41, 5.74) is 1.16. The molecule has 0 saturated carbocycles. The SMILES string of the molecule is CN=C(NCC(=O)Nc1cccc(F)c1)Nc1cccc(OCCCOC)c1.I. The van der Waals surface area contributed by atoms with E-state index < -0.39 is 5.82 Å². The van der Waals surface area contributed by atoms with Gasteiger partial charge in [0, 0.05) is 44.6 Å². The fourth-order valence-corrected chi connectivity index (χ4v) is 2.31. The van der Waals surface area contributed by atoms with Crippen LogP contribution in [0.1, 0.15) is 6.42 Å². The molecule has 0 unspecified atom stereocenters. The number of carbonyl (C=O) groups is 1. The Hall–Kier alpha value is -2.40. The van der Waals surface area contributed by atoms with Crippen molar-refractivity contribution < 1.29 is 18.7 Å². The van der Waals surface area contributed by atoms with Crippen molar-refractivity contribution >= 4 is 47.2 Å². The van der Waals surface area contributed by atoms with Crippen molar-refractivity contribution in [2.75, 3.05) is 44.5 Å². The van der Waals surface area contributed by atoms with E-state index in [1.807, 2.05) is 24.3 Å². The molecule has 2 aromatic carbocycles. The molecule has 0 saturated heterocycles. The Kier molecular flexibility index (Phi) is 11.7. The highest BCUT2D eigenvalue weighted by atomic mass is 127. The van der Waals surface area contributed by atoms with Gasteiger partial charge in [-0.25, -0.2) is 4.39 Å². The lowest BCUT2D eigenvalue weighted by Crippen LogP contribution is -2.37. The molecule has 9 heteroatoms. The number of aliphatic imine (C=N–C) groups is 1. The molecule has 0 aliphatic rings. The second kappa shape index (κ2) is 13.7. The van der Waals surface area contributed by atoms with Gasteiger partial charge in [0.1, 0.15) is 11.6 Å². The van der Waals surface area contributed by atoms with E-state index >= 15 is 0 Å². The van der Waals surface area contributed by atoms with Gasteiger partial charge >= 0.3 is 0 Å². The lowest BCUT2D eigenvalue weighted by molar-refractivity contribution is -0.115. The van der Waals surface area contributed by atoms with E-state index in [1.165, 1.54) is 18.2 Å². The smallest absolute Gasteiger partial charge is 0.243 e. The van der Waals surface area contributed by atoms with Crippen molar-refractivity contribution in [3.8, 4) is 5.75 Å². The van der Waals surface area contributed by atoms with Crippen molar-refractivity contribution in [2.24, 2.45) is 4.99 Å². The molecule has 0 radical (unpaired) electrons. The number of benzene rings is 2. The van der Waals surface area contributed by atoms with Crippen LogP contribution in [0.2, 0.25) is 0 Å². The first-order valence-corrected chi connectivity index (χ1v) is 8.85. The average Bonchev–Trinajstić information content (AvgIpc) is 2.69. The molecule has 0 spiro atoms. The van der Waals surface area contributed by atoms with Gasteiger partial charge in [0.25, 0.3) is 0 Å². The maximum atomic E-state index is 13.2. The number of methoxy groups -OCH3 is 1. The van der Waals surface area contributed by atoms with Crippen molar-refractivity contribution in [3.05, 3.63) is 54.3 Å². The quantitative estimate of drug-likeness (QED) is 0.206. The van der Waals surface area contributed by atoms with Gasteiger partial charge in [-0.2, -0.15) is 0 Å². The van der Waals surface area contributed by atoms with Crippen LogP contribution in [0.3, 0.4) is 0 Å². The molecular formula is C20H26FIN4O3. The second-order valence-corrected chi connectivity index (χ2v) is 5.83. The molecule has 2 rings (SSSR count). The molecule has 29 heavy (non-hydrogen) atoms. The Morgan fingerprint density at radius 2 is 1.79 bits per heavy atom. The van der Waals surface area contributed by atoms with E-state index in [0.29, 0.717) is 24.9 Å². The third kappa shape index (κ3) is 9.57. The summed E-state index contributed by atoms with van der Waals surface area (Å²) < 4.78 is 23.8. The molecular weight excluding hydrogens is 490 g/mol. The number of nitrogens with one attached hydrogen (secondary N) is 3. The van der Waals surface area contributed by atoms with E-state index in [-0.39, 0.29) is 36.4 Å². The van der Waals surface area contributed by atoms with Crippen molar-refractivity contribution in [1.82, 2.24) is 5.32 Å². The molecule has 0 aliphatic heterocycles. The first-order chi connectivity index (χ1) is 13.6. The van der Waals surface area contributed by atoms with E-state index in [9.17, 15) is 9.18 Å². The minimum atomic E-state index is -0.410. The number of hydrogen-bond acceptors (Lipinski definition) is 4. The number of amides is 1. The van der Waals surface area contributed by atoms with Crippen LogP contribution in [0.5, 0.6) is 5.75 Å². The van der Waals surface area contributed by atoms with E-state index in [1.54, 1.807) is 20.2 Å². The van der Waals surface area contributed by atoms with Gasteiger partial charge in [0.2, 0.25) is 5.91 Å². The first-order valence-electron chi connectivity index (χ1n) is 8.85. The van der Waals surface area contributed by atoms with E-state index in [4.69, 9.17) is 9.47 Å². The molecule has 158 valence electrons. The van der Waals surface area contributed by atoms with Crippen molar-refractivity contribution in [1.29, 1.82) is 0 Å². The molecule has 0 aliphatic carbocycles. The maximum absolute atomic E-state index is 13.2. The predicted molar refractivity (Wildman–Crippen MR) is 124 cm³/mol. The standard InChI is InChI=1S/C20H25FN4O3.HI/c1-22-20(23-14-19(26)24-16-7-3-6-15(21)12-16)25-17-8-4-9-18(13-17)28-11-5-10-27-2;/h3-4,6-9,12-13H,5,10-11,14H2,1-2H3,(H,24,26)(H2,22,23,25);1H. The normalized spacial score (nSPS) is 10.7. The Morgan fingerprint density at radius 3 is 2.48 bits per heavy atom. The van der Waals surface area contributed by atoms with Gasteiger partial charge in [-0.3, -0.25) is 9.79 Å². The van der Waals surface area contributed by atoms with Gasteiger partial charge in [-0.1, -0.05) is 12.1 Å². The number of rotatable bonds is 9. The first kappa shape index (κ1) is 24.6. The monoisotopic (exact) mass is 516 g/mol. The summed E-state index contributed by atoms with van der Waals surface area (Å²) in [6, 6.07) is 13.1. The molecule has 2 aromatic rings. The van der Waals surface area contributed by atoms with Crippen LogP contribution < -0.4 is 20.7 Å². The van der Waals surface area contributed by atoms with Crippen molar-refractivity contribution in [3.63, 3.8) is 0 Å². The van der Waals surface area contributed by atoms with E-state index in [2.05, 4.69) is 20.9 Å². The zero-order valence-corrected chi connectivity index (χ0v) is 18.7. The highest BCUT2D eigenvalue weighted by Gasteiger charge is 2.06.